The molecule has 2 unspecified atom stereocenters. The predicted molar refractivity (Wildman–Crippen MR) is 53.1 cm³/mol. The standard InChI is InChI=1S/C9H14N2S/c1-3-4-11-9(6-10)5-8(2)12-7-9/h3,8,11H,1,4-5,7H2,2H3. The molecule has 2 atom stereocenters. The number of thioether (sulfide) groups is 1. The molecule has 3 heteroatoms. The molecule has 0 amide bonds. The van der Waals surface area contributed by atoms with Crippen LogP contribution < -0.4 is 5.32 Å². The van der Waals surface area contributed by atoms with Crippen molar-refractivity contribution in [3.8, 4) is 6.07 Å². The van der Waals surface area contributed by atoms with E-state index in [-0.39, 0.29) is 5.54 Å². The van der Waals surface area contributed by atoms with Crippen molar-refractivity contribution in [3.05, 3.63) is 12.7 Å². The van der Waals surface area contributed by atoms with Gasteiger partial charge < -0.3 is 0 Å². The van der Waals surface area contributed by atoms with Crippen LogP contribution in [0.15, 0.2) is 12.7 Å². The Balaban J connectivity index is 2.53. The smallest absolute Gasteiger partial charge is 0.117 e. The fourth-order valence-corrected chi connectivity index (χ4v) is 2.66. The molecule has 0 radical (unpaired) electrons. The fraction of sp³-hybridized carbons (Fsp3) is 0.667. The molecular formula is C9H14N2S. The quantitative estimate of drug-likeness (QED) is 0.673. The number of rotatable bonds is 3. The Morgan fingerprint density at radius 1 is 1.92 bits per heavy atom. The summed E-state index contributed by atoms with van der Waals surface area (Å²) in [5, 5.41) is 12.8. The summed E-state index contributed by atoms with van der Waals surface area (Å²) in [6.07, 6.45) is 2.74. The van der Waals surface area contributed by atoms with Crippen molar-refractivity contribution in [1.29, 1.82) is 5.26 Å². The van der Waals surface area contributed by atoms with Gasteiger partial charge in [0.15, 0.2) is 0 Å². The SMILES string of the molecule is C=CCNC1(C#N)CSC(C)C1. The Kier molecular flexibility index (Phi) is 3.19. The van der Waals surface area contributed by atoms with E-state index in [0.717, 1.165) is 18.7 Å². The molecule has 1 rings (SSSR count). The summed E-state index contributed by atoms with van der Waals surface area (Å²) in [6.45, 7) is 6.52. The zero-order valence-electron chi connectivity index (χ0n) is 7.34. The van der Waals surface area contributed by atoms with Crippen molar-refractivity contribution in [2.24, 2.45) is 0 Å². The fourth-order valence-electron chi connectivity index (χ4n) is 1.40. The largest absolute Gasteiger partial charge is 0.295 e. The lowest BCUT2D eigenvalue weighted by Gasteiger charge is -2.20. The molecule has 0 aromatic heterocycles. The van der Waals surface area contributed by atoms with Crippen LogP contribution in [0.3, 0.4) is 0 Å². The summed E-state index contributed by atoms with van der Waals surface area (Å²) in [6, 6.07) is 2.36. The third-order valence-corrected chi connectivity index (χ3v) is 3.44. The average molecular weight is 182 g/mol. The summed E-state index contributed by atoms with van der Waals surface area (Å²) in [7, 11) is 0. The second kappa shape index (κ2) is 3.97. The van der Waals surface area contributed by atoms with E-state index in [2.05, 4.69) is 24.9 Å². The molecule has 0 aromatic rings. The predicted octanol–water partition coefficient (Wildman–Crippen LogP) is 1.55. The maximum Gasteiger partial charge on any atom is 0.117 e. The van der Waals surface area contributed by atoms with Crippen LogP contribution in [0.5, 0.6) is 0 Å². The first-order chi connectivity index (χ1) is 5.72. The van der Waals surface area contributed by atoms with Gasteiger partial charge >= 0.3 is 0 Å². The molecule has 2 nitrogen and oxygen atoms in total. The maximum atomic E-state index is 9.00. The van der Waals surface area contributed by atoms with E-state index in [1.165, 1.54) is 0 Å². The third kappa shape index (κ3) is 2.02. The highest BCUT2D eigenvalue weighted by Gasteiger charge is 2.37. The molecule has 0 aliphatic carbocycles. The first kappa shape index (κ1) is 9.63. The minimum Gasteiger partial charge on any atom is -0.295 e. The molecule has 0 aromatic carbocycles. The second-order valence-electron chi connectivity index (χ2n) is 3.19. The molecule has 1 N–H and O–H groups in total. The summed E-state index contributed by atoms with van der Waals surface area (Å²) in [5.41, 5.74) is -0.293. The number of nitriles is 1. The highest BCUT2D eigenvalue weighted by molar-refractivity contribution is 8.00. The topological polar surface area (TPSA) is 35.8 Å². The van der Waals surface area contributed by atoms with Crippen LogP contribution in [0, 0.1) is 11.3 Å². The van der Waals surface area contributed by atoms with Crippen LogP contribution in [0.1, 0.15) is 13.3 Å². The van der Waals surface area contributed by atoms with Gasteiger partial charge in [-0.2, -0.15) is 17.0 Å². The molecule has 66 valence electrons. The zero-order chi connectivity index (χ0) is 9.03. The first-order valence-corrected chi connectivity index (χ1v) is 5.16. The lowest BCUT2D eigenvalue weighted by atomic mass is 9.98. The van der Waals surface area contributed by atoms with E-state index in [0.29, 0.717) is 5.25 Å². The van der Waals surface area contributed by atoms with E-state index in [1.807, 2.05) is 11.8 Å². The highest BCUT2D eigenvalue weighted by Crippen LogP contribution is 2.33. The van der Waals surface area contributed by atoms with E-state index in [4.69, 9.17) is 5.26 Å². The van der Waals surface area contributed by atoms with Gasteiger partial charge in [0.2, 0.25) is 0 Å². The normalized spacial score (nSPS) is 34.5. The van der Waals surface area contributed by atoms with Crippen molar-refractivity contribution >= 4 is 11.8 Å². The number of hydrogen-bond donors (Lipinski definition) is 1. The number of nitrogens with zero attached hydrogens (tertiary/aromatic N) is 1. The second-order valence-corrected chi connectivity index (χ2v) is 4.62. The lowest BCUT2D eigenvalue weighted by molar-refractivity contribution is 0.465. The summed E-state index contributed by atoms with van der Waals surface area (Å²) < 4.78 is 0. The Labute approximate surface area is 78.0 Å². The van der Waals surface area contributed by atoms with Gasteiger partial charge in [-0.1, -0.05) is 13.0 Å². The van der Waals surface area contributed by atoms with Crippen LogP contribution in [0.2, 0.25) is 0 Å². The molecule has 0 saturated carbocycles. The van der Waals surface area contributed by atoms with Gasteiger partial charge in [-0.15, -0.1) is 6.58 Å². The zero-order valence-corrected chi connectivity index (χ0v) is 8.16. The van der Waals surface area contributed by atoms with Crippen LogP contribution in [0.25, 0.3) is 0 Å². The molecule has 1 saturated heterocycles. The van der Waals surface area contributed by atoms with E-state index < -0.39 is 0 Å². The van der Waals surface area contributed by atoms with E-state index in [1.54, 1.807) is 6.08 Å². The van der Waals surface area contributed by atoms with Crippen molar-refractivity contribution in [3.63, 3.8) is 0 Å². The molecular weight excluding hydrogens is 168 g/mol. The molecule has 1 aliphatic rings. The van der Waals surface area contributed by atoms with Gasteiger partial charge in [0, 0.05) is 17.5 Å². The Bertz CT molecular complexity index is 209. The molecule has 0 spiro atoms. The average Bonchev–Trinajstić information content (AvgIpc) is 2.45. The molecule has 1 heterocycles. The number of hydrogen-bond acceptors (Lipinski definition) is 3. The molecule has 12 heavy (non-hydrogen) atoms. The Morgan fingerprint density at radius 3 is 3.08 bits per heavy atom. The minimum atomic E-state index is -0.293. The van der Waals surface area contributed by atoms with Gasteiger partial charge in [0.05, 0.1) is 6.07 Å². The third-order valence-electron chi connectivity index (χ3n) is 2.05. The van der Waals surface area contributed by atoms with E-state index in [9.17, 15) is 0 Å². The van der Waals surface area contributed by atoms with Crippen LogP contribution in [-0.4, -0.2) is 23.1 Å². The van der Waals surface area contributed by atoms with Crippen molar-refractivity contribution < 1.29 is 0 Å². The minimum absolute atomic E-state index is 0.293. The van der Waals surface area contributed by atoms with Gasteiger partial charge in [-0.05, 0) is 6.42 Å². The van der Waals surface area contributed by atoms with Gasteiger partial charge in [0.1, 0.15) is 5.54 Å². The summed E-state index contributed by atoms with van der Waals surface area (Å²) in [5.74, 6) is 0.901. The molecule has 0 bridgehead atoms. The number of nitrogens with one attached hydrogen (secondary N) is 1. The Morgan fingerprint density at radius 2 is 2.67 bits per heavy atom. The van der Waals surface area contributed by atoms with Gasteiger partial charge in [-0.3, -0.25) is 5.32 Å². The van der Waals surface area contributed by atoms with Crippen LogP contribution in [-0.2, 0) is 0 Å². The van der Waals surface area contributed by atoms with Crippen molar-refractivity contribution in [1.82, 2.24) is 5.32 Å². The monoisotopic (exact) mass is 182 g/mol. The van der Waals surface area contributed by atoms with Crippen LogP contribution in [0.4, 0.5) is 0 Å². The highest BCUT2D eigenvalue weighted by atomic mass is 32.2. The Hall–Kier alpha value is -0.460. The summed E-state index contributed by atoms with van der Waals surface area (Å²) >= 11 is 1.86. The van der Waals surface area contributed by atoms with Gasteiger partial charge in [-0.25, -0.2) is 0 Å². The first-order valence-electron chi connectivity index (χ1n) is 4.11. The molecule has 1 fully saturated rings. The maximum absolute atomic E-state index is 9.00. The summed E-state index contributed by atoms with van der Waals surface area (Å²) in [4.78, 5) is 0. The van der Waals surface area contributed by atoms with E-state index >= 15 is 0 Å². The van der Waals surface area contributed by atoms with Crippen molar-refractivity contribution in [2.75, 3.05) is 12.3 Å². The van der Waals surface area contributed by atoms with Crippen LogP contribution >= 0.6 is 11.8 Å². The lowest BCUT2D eigenvalue weighted by Crippen LogP contribution is -2.44. The molecule has 1 aliphatic heterocycles. The van der Waals surface area contributed by atoms with Gasteiger partial charge in [0.25, 0.3) is 0 Å². The van der Waals surface area contributed by atoms with Crippen molar-refractivity contribution in [2.45, 2.75) is 24.1 Å².